The normalized spacial score (nSPS) is 13.9. The van der Waals surface area contributed by atoms with Crippen LogP contribution in [0.2, 0.25) is 0 Å². The van der Waals surface area contributed by atoms with Crippen molar-refractivity contribution in [3.63, 3.8) is 0 Å². The second-order valence-electron chi connectivity index (χ2n) is 8.97. The fourth-order valence-corrected chi connectivity index (χ4v) is 5.48. The van der Waals surface area contributed by atoms with Crippen molar-refractivity contribution in [2.24, 2.45) is 7.05 Å². The number of aromatic nitrogens is 3. The molecule has 182 valence electrons. The third kappa shape index (κ3) is 4.97. The molecular weight excluding hydrogens is 464 g/mol. The second-order valence-corrected chi connectivity index (χ2v) is 10.6. The van der Waals surface area contributed by atoms with Gasteiger partial charge >= 0.3 is 0 Å². The maximum absolute atomic E-state index is 13.0. The van der Waals surface area contributed by atoms with Gasteiger partial charge in [-0.25, -0.2) is 4.72 Å². The number of fused-ring (bicyclic) bond motifs is 1. The highest BCUT2D eigenvalue weighted by atomic mass is 32.2. The molecule has 1 aliphatic rings. The molecule has 0 radical (unpaired) electrons. The minimum absolute atomic E-state index is 0.0534. The van der Waals surface area contributed by atoms with Gasteiger partial charge in [-0.15, -0.1) is 4.98 Å². The lowest BCUT2D eigenvalue weighted by atomic mass is 9.91. The van der Waals surface area contributed by atoms with E-state index in [0.717, 1.165) is 47.2 Å². The summed E-state index contributed by atoms with van der Waals surface area (Å²) in [6.07, 6.45) is 4.20. The lowest BCUT2D eigenvalue weighted by Crippen LogP contribution is -2.32. The average molecular weight is 493 g/mol. The van der Waals surface area contributed by atoms with Gasteiger partial charge in [0.2, 0.25) is 5.91 Å². The molecule has 1 aliphatic carbocycles. The molecule has 1 atom stereocenters. The quantitative estimate of drug-likeness (QED) is 0.509. The Labute approximate surface area is 205 Å². The van der Waals surface area contributed by atoms with E-state index < -0.39 is 15.9 Å². The molecule has 0 aliphatic heterocycles. The molecule has 1 unspecified atom stereocenters. The monoisotopic (exact) mass is 492 g/mol. The molecule has 0 fully saturated rings. The van der Waals surface area contributed by atoms with E-state index in [1.54, 1.807) is 25.4 Å². The largest absolute Gasteiger partial charge is 0.361 e. The Morgan fingerprint density at radius 1 is 1.26 bits per heavy atom. The van der Waals surface area contributed by atoms with Crippen LogP contribution in [0.1, 0.15) is 41.8 Å². The molecule has 35 heavy (non-hydrogen) atoms. The van der Waals surface area contributed by atoms with E-state index in [1.165, 1.54) is 16.3 Å². The van der Waals surface area contributed by atoms with Crippen LogP contribution >= 0.6 is 0 Å². The zero-order valence-electron chi connectivity index (χ0n) is 20.2. The molecule has 1 amide bonds. The number of hydrogen-bond acceptors (Lipinski definition) is 6. The highest BCUT2D eigenvalue weighted by molar-refractivity contribution is 7.90. The van der Waals surface area contributed by atoms with Crippen molar-refractivity contribution >= 4 is 21.7 Å². The van der Waals surface area contributed by atoms with Crippen LogP contribution in [0.3, 0.4) is 0 Å². The molecular formula is C25H28N6O3S. The first-order valence-corrected chi connectivity index (χ1v) is 12.8. The Kier molecular flexibility index (Phi) is 6.74. The molecule has 9 nitrogen and oxygen atoms in total. The molecule has 3 aromatic rings. The van der Waals surface area contributed by atoms with Crippen LogP contribution in [0, 0.1) is 6.57 Å². The minimum atomic E-state index is -4.14. The Morgan fingerprint density at radius 3 is 2.74 bits per heavy atom. The van der Waals surface area contributed by atoms with E-state index in [-0.39, 0.29) is 23.3 Å². The summed E-state index contributed by atoms with van der Waals surface area (Å²) in [4.78, 5) is 22.4. The number of sulfonamides is 1. The number of aryl methyl sites for hydroxylation is 2. The van der Waals surface area contributed by atoms with Gasteiger partial charge in [-0.1, -0.05) is 18.7 Å². The van der Waals surface area contributed by atoms with Gasteiger partial charge in [0.25, 0.3) is 15.8 Å². The number of nitrogens with zero attached hydrogens (tertiary/aromatic N) is 5. The summed E-state index contributed by atoms with van der Waals surface area (Å²) in [5.74, 6) is -0.363. The number of carbonyl (C=O) groups is 1. The Hall–Kier alpha value is -3.55. The second kappa shape index (κ2) is 9.60. The van der Waals surface area contributed by atoms with E-state index in [1.807, 2.05) is 32.0 Å². The van der Waals surface area contributed by atoms with Gasteiger partial charge in [-0.2, -0.15) is 13.5 Å². The number of hydrogen-bond donors (Lipinski definition) is 1. The summed E-state index contributed by atoms with van der Waals surface area (Å²) in [6.45, 7) is 9.21. The van der Waals surface area contributed by atoms with Crippen molar-refractivity contribution in [1.29, 1.82) is 0 Å². The summed E-state index contributed by atoms with van der Waals surface area (Å²) in [5, 5.41) is 3.95. The molecule has 0 saturated heterocycles. The number of rotatable bonds is 7. The van der Waals surface area contributed by atoms with Crippen LogP contribution in [-0.2, 0) is 41.1 Å². The molecule has 0 saturated carbocycles. The van der Waals surface area contributed by atoms with E-state index in [9.17, 15) is 13.2 Å². The SMILES string of the molecule is [C-]#[N+]c1cc(-c2ccc3c(c2CC(=O)NS(=O)(=O)c2cc(C(C)N(C)C)n(C)n2)CCC3)ccn1. The van der Waals surface area contributed by atoms with Gasteiger partial charge in [0.1, 0.15) is 6.20 Å². The number of benzene rings is 1. The maximum Gasteiger partial charge on any atom is 0.283 e. The molecule has 0 spiro atoms. The van der Waals surface area contributed by atoms with E-state index in [2.05, 4.69) is 25.7 Å². The molecule has 1 N–H and O–H groups in total. The van der Waals surface area contributed by atoms with Crippen LogP contribution in [0.25, 0.3) is 16.0 Å². The third-order valence-electron chi connectivity index (χ3n) is 6.53. The fourth-order valence-electron chi connectivity index (χ4n) is 4.50. The summed E-state index contributed by atoms with van der Waals surface area (Å²) in [5.41, 5.74) is 5.35. The Balaban J connectivity index is 1.64. The van der Waals surface area contributed by atoms with Crippen molar-refractivity contribution in [3.8, 4) is 11.1 Å². The lowest BCUT2D eigenvalue weighted by Gasteiger charge is -2.19. The molecule has 10 heteroatoms. The predicted octanol–water partition coefficient (Wildman–Crippen LogP) is 3.19. The van der Waals surface area contributed by atoms with Crippen molar-refractivity contribution in [1.82, 2.24) is 24.4 Å². The first-order chi connectivity index (χ1) is 16.6. The van der Waals surface area contributed by atoms with Crippen molar-refractivity contribution < 1.29 is 13.2 Å². The molecule has 4 rings (SSSR count). The first-order valence-electron chi connectivity index (χ1n) is 11.3. The van der Waals surface area contributed by atoms with Gasteiger partial charge in [0, 0.05) is 19.2 Å². The van der Waals surface area contributed by atoms with E-state index >= 15 is 0 Å². The van der Waals surface area contributed by atoms with Gasteiger partial charge in [-0.05, 0) is 80.2 Å². The zero-order valence-corrected chi connectivity index (χ0v) is 21.1. The van der Waals surface area contributed by atoms with Crippen LogP contribution in [0.15, 0.2) is 41.6 Å². The van der Waals surface area contributed by atoms with Crippen LogP contribution < -0.4 is 4.72 Å². The van der Waals surface area contributed by atoms with E-state index in [4.69, 9.17) is 6.57 Å². The van der Waals surface area contributed by atoms with Crippen LogP contribution in [0.5, 0.6) is 0 Å². The number of amides is 1. The zero-order chi connectivity index (χ0) is 25.3. The molecule has 2 heterocycles. The van der Waals surface area contributed by atoms with Crippen LogP contribution in [0.4, 0.5) is 5.82 Å². The summed E-state index contributed by atoms with van der Waals surface area (Å²) < 4.78 is 29.7. The van der Waals surface area contributed by atoms with Crippen molar-refractivity contribution in [3.05, 3.63) is 70.3 Å². The number of nitrogens with one attached hydrogen (secondary N) is 1. The molecule has 2 aromatic heterocycles. The van der Waals surface area contributed by atoms with Crippen LogP contribution in [-0.4, -0.2) is 48.1 Å². The summed E-state index contributed by atoms with van der Waals surface area (Å²) >= 11 is 0. The number of carbonyl (C=O) groups excluding carboxylic acids is 1. The first kappa shape index (κ1) is 24.6. The Morgan fingerprint density at radius 2 is 2.03 bits per heavy atom. The highest BCUT2D eigenvalue weighted by Crippen LogP contribution is 2.34. The fraction of sp³-hybridized carbons (Fsp3) is 0.360. The summed E-state index contributed by atoms with van der Waals surface area (Å²) in [6, 6.07) is 8.91. The average Bonchev–Trinajstić information content (AvgIpc) is 3.45. The lowest BCUT2D eigenvalue weighted by molar-refractivity contribution is -0.118. The Bertz CT molecular complexity index is 1440. The number of pyridine rings is 1. The summed E-state index contributed by atoms with van der Waals surface area (Å²) in [7, 11) is 1.33. The van der Waals surface area contributed by atoms with Crippen molar-refractivity contribution in [2.75, 3.05) is 14.1 Å². The highest BCUT2D eigenvalue weighted by Gasteiger charge is 2.26. The smallest absolute Gasteiger partial charge is 0.283 e. The third-order valence-corrected chi connectivity index (χ3v) is 7.78. The van der Waals surface area contributed by atoms with E-state index in [0.29, 0.717) is 0 Å². The maximum atomic E-state index is 13.0. The van der Waals surface area contributed by atoms with Gasteiger partial charge in [0.15, 0.2) is 5.03 Å². The van der Waals surface area contributed by atoms with Gasteiger partial charge in [0.05, 0.1) is 12.1 Å². The standard InChI is InChI=1S/C25H28N6O3S/c1-16(30(3)4)22-15-25(28-31(22)5)35(33,34)29-24(32)14-21-19-8-6-7-17(19)9-10-20(21)18-11-12-27-23(13-18)26-2/h9-13,15-16H,6-8,14H2,1,3-5H3,(H,29,32). The van der Waals surface area contributed by atoms with Gasteiger partial charge in [-0.3, -0.25) is 9.48 Å². The van der Waals surface area contributed by atoms with Gasteiger partial charge < -0.3 is 9.74 Å². The molecule has 1 aromatic carbocycles. The van der Waals surface area contributed by atoms with Crippen molar-refractivity contribution in [2.45, 2.75) is 43.7 Å². The molecule has 0 bridgehead atoms. The predicted molar refractivity (Wildman–Crippen MR) is 132 cm³/mol. The minimum Gasteiger partial charge on any atom is -0.361 e. The topological polar surface area (TPSA) is 102 Å².